The van der Waals surface area contributed by atoms with Gasteiger partial charge in [0, 0.05) is 5.39 Å². The van der Waals surface area contributed by atoms with Crippen molar-refractivity contribution in [1.82, 2.24) is 0 Å². The third-order valence-electron chi connectivity index (χ3n) is 4.28. The lowest BCUT2D eigenvalue weighted by atomic mass is 10.1. The second kappa shape index (κ2) is 8.51. The van der Waals surface area contributed by atoms with Crippen molar-refractivity contribution in [1.29, 1.82) is 0 Å². The van der Waals surface area contributed by atoms with Crippen molar-refractivity contribution in [3.63, 3.8) is 0 Å². The highest BCUT2D eigenvalue weighted by Crippen LogP contribution is 2.35. The molecule has 0 aromatic heterocycles. The van der Waals surface area contributed by atoms with Crippen LogP contribution in [-0.4, -0.2) is 6.61 Å². The van der Waals surface area contributed by atoms with Crippen molar-refractivity contribution in [3.05, 3.63) is 84.2 Å². The topological polar surface area (TPSA) is 18.5 Å². The average molecular weight is 408 g/mol. The number of hydrogen-bond acceptors (Lipinski definition) is 2. The molecule has 3 aromatic carbocycles. The lowest BCUT2D eigenvalue weighted by molar-refractivity contribution is -0.185. The van der Waals surface area contributed by atoms with E-state index in [1.54, 1.807) is 18.2 Å². The van der Waals surface area contributed by atoms with E-state index in [0.29, 0.717) is 6.42 Å². The highest BCUT2D eigenvalue weighted by Gasteiger charge is 2.34. The zero-order valence-corrected chi connectivity index (χ0v) is 15.2. The number of aryl methyl sites for hydroxylation is 1. The summed E-state index contributed by atoms with van der Waals surface area (Å²) in [6.45, 7) is 0.445. The largest absolute Gasteiger partial charge is 0.432 e. The Labute approximate surface area is 164 Å². The molecule has 0 unspecified atom stereocenters. The van der Waals surface area contributed by atoms with Crippen LogP contribution in [-0.2, 0) is 12.5 Å². The van der Waals surface area contributed by atoms with Gasteiger partial charge in [0.05, 0.1) is 5.56 Å². The summed E-state index contributed by atoms with van der Waals surface area (Å²) < 4.78 is 76.8. The first-order chi connectivity index (χ1) is 13.8. The van der Waals surface area contributed by atoms with Gasteiger partial charge in [-0.25, -0.2) is 4.39 Å². The van der Waals surface area contributed by atoms with Crippen molar-refractivity contribution in [2.45, 2.75) is 25.6 Å². The summed E-state index contributed by atoms with van der Waals surface area (Å²) in [6, 6.07) is 11.6. The Kier molecular flexibility index (Phi) is 6.06. The smallest absolute Gasteiger partial charge is 0.426 e. The van der Waals surface area contributed by atoms with E-state index in [1.165, 1.54) is 30.3 Å². The molecule has 0 amide bonds. The highest BCUT2D eigenvalue weighted by molar-refractivity contribution is 5.86. The molecule has 0 spiro atoms. The van der Waals surface area contributed by atoms with Crippen LogP contribution in [0, 0.1) is 5.82 Å². The summed E-state index contributed by atoms with van der Waals surface area (Å²) in [5, 5.41) is 0.155. The quantitative estimate of drug-likeness (QED) is 0.301. The van der Waals surface area contributed by atoms with Crippen LogP contribution in [0.1, 0.15) is 17.5 Å². The molecule has 152 valence electrons. The van der Waals surface area contributed by atoms with E-state index >= 15 is 0 Å². The molecule has 0 radical (unpaired) electrons. The molecule has 0 heterocycles. The van der Waals surface area contributed by atoms with Crippen LogP contribution in [0.15, 0.2) is 67.3 Å². The summed E-state index contributed by atoms with van der Waals surface area (Å²) >= 11 is 0. The molecule has 3 aromatic rings. The lowest BCUT2D eigenvalue weighted by Gasteiger charge is -2.19. The Balaban J connectivity index is 1.82. The molecular formula is C22H17F5O2. The summed E-state index contributed by atoms with van der Waals surface area (Å²) in [7, 11) is 0. The number of hydrogen-bond donors (Lipinski definition) is 0. The van der Waals surface area contributed by atoms with Crippen molar-refractivity contribution >= 4 is 10.8 Å². The number of halogens is 5. The van der Waals surface area contributed by atoms with Crippen LogP contribution in [0.25, 0.3) is 10.8 Å². The Hall–Kier alpha value is -3.09. The fourth-order valence-electron chi connectivity index (χ4n) is 2.84. The molecule has 7 heteroatoms. The number of alkyl halides is 4. The first-order valence-electron chi connectivity index (χ1n) is 8.74. The van der Waals surface area contributed by atoms with E-state index in [1.807, 2.05) is 0 Å². The lowest BCUT2D eigenvalue weighted by Crippen LogP contribution is -2.21. The monoisotopic (exact) mass is 408 g/mol. The van der Waals surface area contributed by atoms with Gasteiger partial charge in [0.25, 0.3) is 0 Å². The normalized spacial score (nSPS) is 11.7. The Morgan fingerprint density at radius 2 is 1.72 bits per heavy atom. The number of allylic oxidation sites excluding steroid dienone is 1. The van der Waals surface area contributed by atoms with Crippen LogP contribution in [0.3, 0.4) is 0 Å². The maximum absolute atomic E-state index is 14.5. The fourth-order valence-corrected chi connectivity index (χ4v) is 2.84. The SMILES string of the molecule is C=CCCc1ccc(C(F)(F)Oc2ccc3c(F)c(OC(F)F)ccc3c2)cc1. The van der Waals surface area contributed by atoms with Gasteiger partial charge in [-0.1, -0.05) is 24.3 Å². The van der Waals surface area contributed by atoms with Gasteiger partial charge in [-0.2, -0.15) is 17.6 Å². The Morgan fingerprint density at radius 3 is 2.38 bits per heavy atom. The van der Waals surface area contributed by atoms with Gasteiger partial charge in [0.15, 0.2) is 11.6 Å². The van der Waals surface area contributed by atoms with E-state index in [0.717, 1.165) is 24.1 Å². The molecular weight excluding hydrogens is 391 g/mol. The summed E-state index contributed by atoms with van der Waals surface area (Å²) in [4.78, 5) is 0. The van der Waals surface area contributed by atoms with Gasteiger partial charge in [-0.15, -0.1) is 6.58 Å². The minimum Gasteiger partial charge on any atom is -0.432 e. The van der Waals surface area contributed by atoms with Crippen molar-refractivity contribution in [3.8, 4) is 11.5 Å². The first kappa shape index (κ1) is 20.6. The van der Waals surface area contributed by atoms with E-state index in [4.69, 9.17) is 4.74 Å². The Morgan fingerprint density at radius 1 is 1.00 bits per heavy atom. The van der Waals surface area contributed by atoms with Crippen LogP contribution in [0.5, 0.6) is 11.5 Å². The van der Waals surface area contributed by atoms with Crippen LogP contribution >= 0.6 is 0 Å². The molecule has 0 bridgehead atoms. The maximum atomic E-state index is 14.5. The molecule has 2 nitrogen and oxygen atoms in total. The van der Waals surface area contributed by atoms with Gasteiger partial charge in [-0.05, 0) is 60.2 Å². The molecule has 29 heavy (non-hydrogen) atoms. The summed E-state index contributed by atoms with van der Waals surface area (Å²) in [5.41, 5.74) is 0.569. The molecule has 0 saturated carbocycles. The summed E-state index contributed by atoms with van der Waals surface area (Å²) in [6.07, 6.45) is -0.424. The number of fused-ring (bicyclic) bond motifs is 1. The van der Waals surface area contributed by atoms with Gasteiger partial charge >= 0.3 is 12.7 Å². The number of ether oxygens (including phenoxy) is 2. The molecule has 0 aliphatic rings. The minimum absolute atomic E-state index is 0.0506. The van der Waals surface area contributed by atoms with Crippen LogP contribution < -0.4 is 9.47 Å². The molecule has 0 atom stereocenters. The number of benzene rings is 3. The van der Waals surface area contributed by atoms with Crippen LogP contribution in [0.2, 0.25) is 0 Å². The van der Waals surface area contributed by atoms with Gasteiger partial charge in [-0.3, -0.25) is 0 Å². The fraction of sp³-hybridized carbons (Fsp3) is 0.182. The van der Waals surface area contributed by atoms with E-state index < -0.39 is 24.3 Å². The van der Waals surface area contributed by atoms with E-state index in [2.05, 4.69) is 11.3 Å². The van der Waals surface area contributed by atoms with Crippen molar-refractivity contribution in [2.24, 2.45) is 0 Å². The predicted molar refractivity (Wildman–Crippen MR) is 100 cm³/mol. The van der Waals surface area contributed by atoms with Crippen molar-refractivity contribution in [2.75, 3.05) is 0 Å². The highest BCUT2D eigenvalue weighted by atomic mass is 19.3. The zero-order valence-electron chi connectivity index (χ0n) is 15.2. The molecule has 0 aliphatic carbocycles. The maximum Gasteiger partial charge on any atom is 0.426 e. The second-order valence-electron chi connectivity index (χ2n) is 6.28. The standard InChI is InChI=1S/C22H17F5O2/c1-2-3-4-14-5-8-16(9-6-14)22(26,27)29-17-10-11-18-15(13-17)7-12-19(20(18)23)28-21(24)25/h2,5-13,21H,1,3-4H2. The number of rotatable bonds is 8. The molecule has 0 N–H and O–H groups in total. The molecule has 0 saturated heterocycles. The summed E-state index contributed by atoms with van der Waals surface area (Å²) in [5.74, 6) is -1.82. The Bertz CT molecular complexity index is 1000. The minimum atomic E-state index is -3.61. The third-order valence-corrected chi connectivity index (χ3v) is 4.28. The first-order valence-corrected chi connectivity index (χ1v) is 8.74. The second-order valence-corrected chi connectivity index (χ2v) is 6.28. The third kappa shape index (κ3) is 4.85. The van der Waals surface area contributed by atoms with Crippen LogP contribution in [0.4, 0.5) is 22.0 Å². The van der Waals surface area contributed by atoms with E-state index in [-0.39, 0.29) is 22.1 Å². The average Bonchev–Trinajstić information content (AvgIpc) is 2.68. The molecule has 0 fully saturated rings. The van der Waals surface area contributed by atoms with Crippen molar-refractivity contribution < 1.29 is 31.4 Å². The zero-order chi connectivity index (χ0) is 21.0. The van der Waals surface area contributed by atoms with Gasteiger partial charge in [0.2, 0.25) is 0 Å². The van der Waals surface area contributed by atoms with Gasteiger partial charge < -0.3 is 9.47 Å². The van der Waals surface area contributed by atoms with E-state index in [9.17, 15) is 22.0 Å². The van der Waals surface area contributed by atoms with Gasteiger partial charge in [0.1, 0.15) is 5.75 Å². The predicted octanol–water partition coefficient (Wildman–Crippen LogP) is 6.83. The molecule has 3 rings (SSSR count). The molecule has 0 aliphatic heterocycles.